The molecule has 1 heterocycles. The van der Waals surface area contributed by atoms with E-state index in [9.17, 15) is 19.1 Å². The molecule has 136 valence electrons. The lowest BCUT2D eigenvalue weighted by Gasteiger charge is -2.11. The molecule has 2 N–H and O–H groups in total. The van der Waals surface area contributed by atoms with Crippen molar-refractivity contribution >= 4 is 11.9 Å². The predicted molar refractivity (Wildman–Crippen MR) is 91.9 cm³/mol. The highest BCUT2D eigenvalue weighted by atomic mass is 19.1. The van der Waals surface area contributed by atoms with Crippen molar-refractivity contribution in [2.75, 3.05) is 6.54 Å². The van der Waals surface area contributed by atoms with E-state index < -0.39 is 11.4 Å². The zero-order valence-electron chi connectivity index (χ0n) is 14.5. The van der Waals surface area contributed by atoms with Crippen LogP contribution in [0.25, 0.3) is 5.69 Å². The summed E-state index contributed by atoms with van der Waals surface area (Å²) in [4.78, 5) is 23.9. The highest BCUT2D eigenvalue weighted by Gasteiger charge is 2.50. The van der Waals surface area contributed by atoms with E-state index >= 15 is 0 Å². The molecule has 7 heteroatoms. The fourth-order valence-corrected chi connectivity index (χ4v) is 3.65. The lowest BCUT2D eigenvalue weighted by atomic mass is 10.1. The number of carbonyl (C=O) groups excluding carboxylic acids is 1. The third-order valence-electron chi connectivity index (χ3n) is 5.44. The summed E-state index contributed by atoms with van der Waals surface area (Å²) in [6.45, 7) is 1.91. The molecule has 0 saturated heterocycles. The summed E-state index contributed by atoms with van der Waals surface area (Å²) in [6, 6.07) is 4.84. The number of amides is 1. The fraction of sp³-hybridized carbons (Fsp3) is 0.421. The molecule has 0 bridgehead atoms. The smallest absolute Gasteiger partial charge is 0.311 e. The standard InChI is InChI=1S/C19H20FN3O3/c1-11-4-2-6-13(20)16(11)23-14-7-3-5-12(14)15(22-23)17(24)21-10-19(8-9-19)18(25)26/h2,4,6H,3,5,7-10H2,1H3,(H,21,24)(H,25,26). The zero-order valence-corrected chi connectivity index (χ0v) is 14.5. The topological polar surface area (TPSA) is 84.2 Å². The SMILES string of the molecule is Cc1cccc(F)c1-n1nc(C(=O)NCC2(C(=O)O)CC2)c2c1CCC2. The molecule has 2 aliphatic rings. The van der Waals surface area contributed by atoms with Gasteiger partial charge in [0.05, 0.1) is 5.41 Å². The Morgan fingerprint density at radius 2 is 2.12 bits per heavy atom. The van der Waals surface area contributed by atoms with Gasteiger partial charge in [0.1, 0.15) is 11.5 Å². The summed E-state index contributed by atoms with van der Waals surface area (Å²) < 4.78 is 15.9. The largest absolute Gasteiger partial charge is 0.481 e. The van der Waals surface area contributed by atoms with Crippen molar-refractivity contribution < 1.29 is 19.1 Å². The lowest BCUT2D eigenvalue weighted by molar-refractivity contribution is -0.143. The molecule has 4 rings (SSSR count). The molecule has 1 aromatic heterocycles. The summed E-state index contributed by atoms with van der Waals surface area (Å²) in [5.74, 6) is -1.64. The van der Waals surface area contributed by atoms with Gasteiger partial charge in [-0.3, -0.25) is 9.59 Å². The zero-order chi connectivity index (χ0) is 18.5. The van der Waals surface area contributed by atoms with Gasteiger partial charge in [0, 0.05) is 17.8 Å². The number of hydrogen-bond acceptors (Lipinski definition) is 3. The Bertz CT molecular complexity index is 895. The first-order valence-electron chi connectivity index (χ1n) is 8.81. The van der Waals surface area contributed by atoms with Crippen LogP contribution in [0.3, 0.4) is 0 Å². The van der Waals surface area contributed by atoms with Crippen LogP contribution in [0.5, 0.6) is 0 Å². The number of nitrogens with zero attached hydrogens (tertiary/aromatic N) is 2. The number of nitrogens with one attached hydrogen (secondary N) is 1. The van der Waals surface area contributed by atoms with E-state index in [2.05, 4.69) is 10.4 Å². The van der Waals surface area contributed by atoms with E-state index in [4.69, 9.17) is 0 Å². The van der Waals surface area contributed by atoms with Crippen molar-refractivity contribution in [3.63, 3.8) is 0 Å². The molecule has 2 aliphatic carbocycles. The summed E-state index contributed by atoms with van der Waals surface area (Å²) in [5.41, 5.74) is 2.27. The van der Waals surface area contributed by atoms with Gasteiger partial charge >= 0.3 is 5.97 Å². The highest BCUT2D eigenvalue weighted by molar-refractivity contribution is 5.94. The van der Waals surface area contributed by atoms with Gasteiger partial charge < -0.3 is 10.4 Å². The molecule has 0 spiro atoms. The Morgan fingerprint density at radius 1 is 1.35 bits per heavy atom. The quantitative estimate of drug-likeness (QED) is 0.861. The van der Waals surface area contributed by atoms with Crippen LogP contribution < -0.4 is 5.32 Å². The van der Waals surface area contributed by atoms with Gasteiger partial charge in [0.2, 0.25) is 0 Å². The maximum Gasteiger partial charge on any atom is 0.311 e. The summed E-state index contributed by atoms with van der Waals surface area (Å²) >= 11 is 0. The maximum atomic E-state index is 14.4. The summed E-state index contributed by atoms with van der Waals surface area (Å²) in [7, 11) is 0. The number of benzene rings is 1. The van der Waals surface area contributed by atoms with E-state index in [1.54, 1.807) is 10.7 Å². The number of aliphatic carboxylic acids is 1. The van der Waals surface area contributed by atoms with Crippen LogP contribution in [0.2, 0.25) is 0 Å². The first-order chi connectivity index (χ1) is 12.4. The van der Waals surface area contributed by atoms with Crippen molar-refractivity contribution in [2.45, 2.75) is 39.0 Å². The molecule has 0 aliphatic heterocycles. The van der Waals surface area contributed by atoms with Gasteiger partial charge in [0.25, 0.3) is 5.91 Å². The molecule has 6 nitrogen and oxygen atoms in total. The van der Waals surface area contributed by atoms with E-state index in [1.165, 1.54) is 6.07 Å². The Hall–Kier alpha value is -2.70. The number of carboxylic acids is 1. The van der Waals surface area contributed by atoms with Gasteiger partial charge in [-0.15, -0.1) is 0 Å². The molecule has 0 radical (unpaired) electrons. The molecular weight excluding hydrogens is 337 g/mol. The third-order valence-corrected chi connectivity index (χ3v) is 5.44. The minimum Gasteiger partial charge on any atom is -0.481 e. The number of carbonyl (C=O) groups is 2. The Kier molecular flexibility index (Phi) is 3.82. The number of carboxylic acid groups (broad SMARTS) is 1. The second-order valence-corrected chi connectivity index (χ2v) is 7.21. The first kappa shape index (κ1) is 16.8. The number of para-hydroxylation sites is 1. The van der Waals surface area contributed by atoms with Crippen molar-refractivity contribution in [2.24, 2.45) is 5.41 Å². The molecule has 1 aromatic carbocycles. The number of rotatable bonds is 5. The van der Waals surface area contributed by atoms with E-state index in [-0.39, 0.29) is 24.0 Å². The first-order valence-corrected chi connectivity index (χ1v) is 8.81. The van der Waals surface area contributed by atoms with E-state index in [0.717, 1.165) is 36.1 Å². The monoisotopic (exact) mass is 357 g/mol. The van der Waals surface area contributed by atoms with Crippen LogP contribution in [0.1, 0.15) is 46.6 Å². The molecule has 1 saturated carbocycles. The average molecular weight is 357 g/mol. The Morgan fingerprint density at radius 3 is 2.77 bits per heavy atom. The number of aromatic nitrogens is 2. The number of aryl methyl sites for hydroxylation is 1. The van der Waals surface area contributed by atoms with E-state index in [0.29, 0.717) is 18.5 Å². The minimum atomic E-state index is -0.879. The van der Waals surface area contributed by atoms with Crippen LogP contribution in [0.15, 0.2) is 18.2 Å². The van der Waals surface area contributed by atoms with Crippen molar-refractivity contribution in [3.05, 3.63) is 46.5 Å². The van der Waals surface area contributed by atoms with Gasteiger partial charge in [-0.05, 0) is 50.7 Å². The van der Waals surface area contributed by atoms with Gasteiger partial charge in [-0.1, -0.05) is 12.1 Å². The maximum absolute atomic E-state index is 14.4. The third kappa shape index (κ3) is 2.58. The van der Waals surface area contributed by atoms with Crippen LogP contribution in [-0.2, 0) is 17.6 Å². The second-order valence-electron chi connectivity index (χ2n) is 7.21. The van der Waals surface area contributed by atoms with Crippen LogP contribution in [-0.4, -0.2) is 33.3 Å². The Labute approximate surface area is 150 Å². The summed E-state index contributed by atoms with van der Waals surface area (Å²) in [5, 5.41) is 16.4. The summed E-state index contributed by atoms with van der Waals surface area (Å²) in [6.07, 6.45) is 3.49. The average Bonchev–Trinajstić information content (AvgIpc) is 3.10. The molecule has 2 aromatic rings. The van der Waals surface area contributed by atoms with Crippen molar-refractivity contribution in [1.82, 2.24) is 15.1 Å². The lowest BCUT2D eigenvalue weighted by Crippen LogP contribution is -2.34. The van der Waals surface area contributed by atoms with Crippen molar-refractivity contribution in [3.8, 4) is 5.69 Å². The van der Waals surface area contributed by atoms with Crippen LogP contribution >= 0.6 is 0 Å². The van der Waals surface area contributed by atoms with Gasteiger partial charge in [0.15, 0.2) is 5.69 Å². The molecule has 26 heavy (non-hydrogen) atoms. The second kappa shape index (κ2) is 5.93. The van der Waals surface area contributed by atoms with Crippen LogP contribution in [0, 0.1) is 18.2 Å². The van der Waals surface area contributed by atoms with Crippen LogP contribution in [0.4, 0.5) is 4.39 Å². The molecule has 0 unspecified atom stereocenters. The fourth-order valence-electron chi connectivity index (χ4n) is 3.65. The predicted octanol–water partition coefficient (Wildman–Crippen LogP) is 2.40. The van der Waals surface area contributed by atoms with Crippen molar-refractivity contribution in [1.29, 1.82) is 0 Å². The number of hydrogen-bond donors (Lipinski definition) is 2. The van der Waals surface area contributed by atoms with Gasteiger partial charge in [-0.25, -0.2) is 9.07 Å². The molecule has 0 atom stereocenters. The molecular formula is C19H20FN3O3. The van der Waals surface area contributed by atoms with Gasteiger partial charge in [-0.2, -0.15) is 5.10 Å². The number of halogens is 1. The van der Waals surface area contributed by atoms with E-state index in [1.807, 2.05) is 13.0 Å². The normalized spacial score (nSPS) is 17.0. The minimum absolute atomic E-state index is 0.0987. The molecule has 1 fully saturated rings. The number of fused-ring (bicyclic) bond motifs is 1. The molecule has 1 amide bonds. The Balaban J connectivity index is 1.66. The highest BCUT2D eigenvalue weighted by Crippen LogP contribution is 2.45.